The average Bonchev–Trinajstić information content (AvgIpc) is 2.54. The van der Waals surface area contributed by atoms with Crippen LogP contribution in [-0.4, -0.2) is 26.3 Å². The molecule has 0 N–H and O–H groups in total. The van der Waals surface area contributed by atoms with Crippen LogP contribution < -0.4 is 18.9 Å². The van der Waals surface area contributed by atoms with Crippen molar-refractivity contribution in [2.45, 2.75) is 20.0 Å². The first-order valence-corrected chi connectivity index (χ1v) is 7.21. The number of para-hydroxylation sites is 1. The van der Waals surface area contributed by atoms with Gasteiger partial charge < -0.3 is 18.9 Å². The van der Waals surface area contributed by atoms with Crippen LogP contribution in [0.2, 0.25) is 0 Å². The number of benzene rings is 2. The molecule has 122 valence electrons. The van der Waals surface area contributed by atoms with E-state index in [0.717, 1.165) is 5.56 Å². The normalized spacial score (nSPS) is 11.5. The number of carbonyl (C=O) groups excluding carboxylic acids is 1. The predicted molar refractivity (Wildman–Crippen MR) is 86.5 cm³/mol. The number of methoxy groups -OCH3 is 2. The van der Waals surface area contributed by atoms with Crippen LogP contribution in [0.3, 0.4) is 0 Å². The second kappa shape index (κ2) is 7.54. The van der Waals surface area contributed by atoms with Crippen LogP contribution in [0.1, 0.15) is 12.5 Å². The Morgan fingerprint density at radius 3 is 2.17 bits per heavy atom. The van der Waals surface area contributed by atoms with E-state index in [2.05, 4.69) is 0 Å². The third-order valence-electron chi connectivity index (χ3n) is 3.22. The summed E-state index contributed by atoms with van der Waals surface area (Å²) in [7, 11) is 3.00. The molecule has 2 rings (SSSR count). The van der Waals surface area contributed by atoms with Gasteiger partial charge in [-0.25, -0.2) is 4.79 Å². The van der Waals surface area contributed by atoms with E-state index >= 15 is 0 Å². The number of aryl methyl sites for hydroxylation is 1. The summed E-state index contributed by atoms with van der Waals surface area (Å²) in [6, 6.07) is 12.6. The number of ether oxygens (including phenoxy) is 4. The number of hydrogen-bond donors (Lipinski definition) is 0. The van der Waals surface area contributed by atoms with E-state index in [-0.39, 0.29) is 5.75 Å². The van der Waals surface area contributed by atoms with E-state index in [0.29, 0.717) is 17.2 Å². The Balaban J connectivity index is 2.12. The van der Waals surface area contributed by atoms with E-state index in [1.54, 1.807) is 31.2 Å². The molecule has 0 amide bonds. The van der Waals surface area contributed by atoms with Gasteiger partial charge in [-0.05, 0) is 43.7 Å². The number of esters is 1. The standard InChI is InChI=1S/C18H20O5/c1-12-7-5-8-14(11-12)22-13(2)18(19)23-17-15(20-3)9-6-10-16(17)21-4/h5-11,13H,1-4H3/t13-/m0/s1. The molecule has 0 bridgehead atoms. The van der Waals surface area contributed by atoms with Crippen LogP contribution >= 0.6 is 0 Å². The van der Waals surface area contributed by atoms with Gasteiger partial charge in [-0.15, -0.1) is 0 Å². The van der Waals surface area contributed by atoms with E-state index < -0.39 is 12.1 Å². The fraction of sp³-hybridized carbons (Fsp3) is 0.278. The van der Waals surface area contributed by atoms with Crippen molar-refractivity contribution in [1.82, 2.24) is 0 Å². The molecule has 0 saturated heterocycles. The van der Waals surface area contributed by atoms with Crippen molar-refractivity contribution in [3.8, 4) is 23.0 Å². The number of hydrogen-bond acceptors (Lipinski definition) is 5. The SMILES string of the molecule is COc1cccc(OC)c1OC(=O)[C@H](C)Oc1cccc(C)c1. The van der Waals surface area contributed by atoms with Crippen LogP contribution in [0.4, 0.5) is 0 Å². The molecule has 2 aromatic carbocycles. The zero-order valence-electron chi connectivity index (χ0n) is 13.7. The Labute approximate surface area is 135 Å². The van der Waals surface area contributed by atoms with Crippen molar-refractivity contribution in [1.29, 1.82) is 0 Å². The minimum Gasteiger partial charge on any atom is -0.493 e. The highest BCUT2D eigenvalue weighted by atomic mass is 16.6. The van der Waals surface area contributed by atoms with Gasteiger partial charge in [0.1, 0.15) is 5.75 Å². The Morgan fingerprint density at radius 2 is 1.61 bits per heavy atom. The third-order valence-corrected chi connectivity index (χ3v) is 3.22. The molecule has 1 atom stereocenters. The molecule has 0 saturated carbocycles. The lowest BCUT2D eigenvalue weighted by molar-refractivity contribution is -0.141. The topological polar surface area (TPSA) is 54.0 Å². The first kappa shape index (κ1) is 16.7. The molecule has 0 spiro atoms. The fourth-order valence-electron chi connectivity index (χ4n) is 2.04. The minimum absolute atomic E-state index is 0.238. The summed E-state index contributed by atoms with van der Waals surface area (Å²) in [4.78, 5) is 12.3. The lowest BCUT2D eigenvalue weighted by Gasteiger charge is -2.17. The molecule has 0 fully saturated rings. The lowest BCUT2D eigenvalue weighted by atomic mass is 10.2. The highest BCUT2D eigenvalue weighted by Gasteiger charge is 2.22. The summed E-state index contributed by atoms with van der Waals surface area (Å²) in [5, 5.41) is 0. The van der Waals surface area contributed by atoms with Gasteiger partial charge in [0.25, 0.3) is 0 Å². The zero-order chi connectivity index (χ0) is 16.8. The summed E-state index contributed by atoms with van der Waals surface area (Å²) in [6.45, 7) is 3.59. The van der Waals surface area contributed by atoms with Crippen molar-refractivity contribution in [3.05, 3.63) is 48.0 Å². The first-order chi connectivity index (χ1) is 11.0. The Bertz CT molecular complexity index is 659. The van der Waals surface area contributed by atoms with Crippen LogP contribution in [0.15, 0.2) is 42.5 Å². The molecule has 5 nitrogen and oxygen atoms in total. The van der Waals surface area contributed by atoms with Crippen molar-refractivity contribution in [3.63, 3.8) is 0 Å². The number of rotatable bonds is 6. The molecular weight excluding hydrogens is 296 g/mol. The van der Waals surface area contributed by atoms with Crippen molar-refractivity contribution < 1.29 is 23.7 Å². The summed E-state index contributed by atoms with van der Waals surface area (Å²) in [5.74, 6) is 1.15. The van der Waals surface area contributed by atoms with Crippen LogP contribution in [0.5, 0.6) is 23.0 Å². The van der Waals surface area contributed by atoms with Gasteiger partial charge in [0.2, 0.25) is 5.75 Å². The predicted octanol–water partition coefficient (Wildman–Crippen LogP) is 3.39. The zero-order valence-corrected chi connectivity index (χ0v) is 13.7. The fourth-order valence-corrected chi connectivity index (χ4v) is 2.04. The molecule has 0 aromatic heterocycles. The molecule has 0 aliphatic carbocycles. The molecule has 0 heterocycles. The second-order valence-electron chi connectivity index (χ2n) is 4.99. The second-order valence-corrected chi connectivity index (χ2v) is 4.99. The Kier molecular flexibility index (Phi) is 5.46. The van der Waals surface area contributed by atoms with Crippen molar-refractivity contribution in [2.75, 3.05) is 14.2 Å². The van der Waals surface area contributed by atoms with Crippen molar-refractivity contribution >= 4 is 5.97 Å². The van der Waals surface area contributed by atoms with Gasteiger partial charge in [0.05, 0.1) is 14.2 Å². The molecule has 0 unspecified atom stereocenters. The van der Waals surface area contributed by atoms with Gasteiger partial charge in [-0.1, -0.05) is 18.2 Å². The summed E-state index contributed by atoms with van der Waals surface area (Å²) < 4.78 is 21.4. The van der Waals surface area contributed by atoms with Crippen molar-refractivity contribution in [2.24, 2.45) is 0 Å². The quantitative estimate of drug-likeness (QED) is 0.604. The summed E-state index contributed by atoms with van der Waals surface area (Å²) in [6.07, 6.45) is -0.772. The highest BCUT2D eigenvalue weighted by Crippen LogP contribution is 2.37. The molecule has 2 aromatic rings. The summed E-state index contributed by atoms with van der Waals surface area (Å²) >= 11 is 0. The monoisotopic (exact) mass is 316 g/mol. The maximum atomic E-state index is 12.3. The van der Waals surface area contributed by atoms with Gasteiger partial charge in [0.15, 0.2) is 17.6 Å². The smallest absolute Gasteiger partial charge is 0.352 e. The molecule has 23 heavy (non-hydrogen) atoms. The van der Waals surface area contributed by atoms with E-state index in [9.17, 15) is 4.79 Å². The first-order valence-electron chi connectivity index (χ1n) is 7.21. The largest absolute Gasteiger partial charge is 0.493 e. The third kappa shape index (κ3) is 4.16. The Hall–Kier alpha value is -2.69. The van der Waals surface area contributed by atoms with Gasteiger partial charge in [-0.3, -0.25) is 0 Å². The maximum absolute atomic E-state index is 12.3. The molecule has 5 heteroatoms. The lowest BCUT2D eigenvalue weighted by Crippen LogP contribution is -2.28. The molecule has 0 radical (unpaired) electrons. The van der Waals surface area contributed by atoms with Gasteiger partial charge in [0, 0.05) is 0 Å². The molecule has 0 aliphatic heterocycles. The van der Waals surface area contributed by atoms with E-state index in [1.165, 1.54) is 14.2 Å². The minimum atomic E-state index is -0.772. The molecule has 0 aliphatic rings. The highest BCUT2D eigenvalue weighted by molar-refractivity contribution is 5.78. The van der Waals surface area contributed by atoms with E-state index in [4.69, 9.17) is 18.9 Å². The van der Waals surface area contributed by atoms with E-state index in [1.807, 2.05) is 25.1 Å². The summed E-state index contributed by atoms with van der Waals surface area (Å²) in [5.41, 5.74) is 1.05. The average molecular weight is 316 g/mol. The van der Waals surface area contributed by atoms with Gasteiger partial charge in [-0.2, -0.15) is 0 Å². The van der Waals surface area contributed by atoms with Gasteiger partial charge >= 0.3 is 5.97 Å². The van der Waals surface area contributed by atoms with Crippen LogP contribution in [0.25, 0.3) is 0 Å². The number of carbonyl (C=O) groups is 1. The van der Waals surface area contributed by atoms with Crippen LogP contribution in [-0.2, 0) is 4.79 Å². The maximum Gasteiger partial charge on any atom is 0.352 e. The van der Waals surface area contributed by atoms with Crippen LogP contribution in [0, 0.1) is 6.92 Å². The molecular formula is C18H20O5. The Morgan fingerprint density at radius 1 is 1.00 bits per heavy atom.